The Morgan fingerprint density at radius 3 is 2.44 bits per heavy atom. The van der Waals surface area contributed by atoms with E-state index < -0.39 is 17.7 Å². The van der Waals surface area contributed by atoms with Crippen LogP contribution < -0.4 is 4.74 Å². The summed E-state index contributed by atoms with van der Waals surface area (Å²) in [5.41, 5.74) is 3.49. The molecule has 1 fully saturated rings. The fourth-order valence-electron chi connectivity index (χ4n) is 4.39. The molecule has 2 aromatic carbocycles. The Morgan fingerprint density at radius 2 is 1.78 bits per heavy atom. The Labute approximate surface area is 211 Å². The molecule has 1 aliphatic rings. The number of ketones is 1. The van der Waals surface area contributed by atoms with Gasteiger partial charge in [0.2, 0.25) is 0 Å². The number of nitrogens with zero attached hydrogens (tertiary/aromatic N) is 3. The van der Waals surface area contributed by atoms with E-state index in [9.17, 15) is 14.7 Å². The molecule has 0 spiro atoms. The fraction of sp³-hybridized carbons (Fsp3) is 0.276. The molecular formula is C29H31N3O4. The van der Waals surface area contributed by atoms with Crippen molar-refractivity contribution in [3.8, 4) is 5.75 Å². The van der Waals surface area contributed by atoms with Gasteiger partial charge in [-0.3, -0.25) is 14.6 Å². The molecule has 1 aliphatic heterocycles. The van der Waals surface area contributed by atoms with Crippen molar-refractivity contribution in [3.63, 3.8) is 0 Å². The van der Waals surface area contributed by atoms with Gasteiger partial charge in [-0.1, -0.05) is 29.8 Å². The lowest BCUT2D eigenvalue weighted by Crippen LogP contribution is -2.32. The number of aliphatic hydroxyl groups excluding tert-OH is 1. The molecule has 0 unspecified atom stereocenters. The van der Waals surface area contributed by atoms with Gasteiger partial charge in [0.05, 0.1) is 11.6 Å². The van der Waals surface area contributed by atoms with Crippen molar-refractivity contribution in [3.05, 3.63) is 101 Å². The summed E-state index contributed by atoms with van der Waals surface area (Å²) in [6.45, 7) is 3.63. The fourth-order valence-corrected chi connectivity index (χ4v) is 4.39. The number of pyridine rings is 1. The molecule has 1 amide bonds. The molecule has 0 aliphatic carbocycles. The van der Waals surface area contributed by atoms with E-state index in [4.69, 9.17) is 4.74 Å². The van der Waals surface area contributed by atoms with Crippen LogP contribution in [0.3, 0.4) is 0 Å². The third kappa shape index (κ3) is 5.63. The van der Waals surface area contributed by atoms with Crippen LogP contribution in [-0.2, 0) is 16.2 Å². The lowest BCUT2D eigenvalue weighted by Gasteiger charge is -2.25. The molecule has 0 radical (unpaired) electrons. The summed E-state index contributed by atoms with van der Waals surface area (Å²) in [7, 11) is 3.92. The average molecular weight is 486 g/mol. The van der Waals surface area contributed by atoms with Crippen molar-refractivity contribution in [2.24, 2.45) is 0 Å². The SMILES string of the molecule is Cc1cccc(COc2ccc(C(O)=C3C(=O)C(=O)N(CCCN(C)C)[C@@H]3c3ccncc3)cc2)c1. The van der Waals surface area contributed by atoms with Gasteiger partial charge >= 0.3 is 0 Å². The van der Waals surface area contributed by atoms with Gasteiger partial charge < -0.3 is 19.6 Å². The molecule has 3 aromatic rings. The molecule has 36 heavy (non-hydrogen) atoms. The van der Waals surface area contributed by atoms with E-state index in [1.165, 1.54) is 5.56 Å². The van der Waals surface area contributed by atoms with Gasteiger partial charge in [-0.15, -0.1) is 0 Å². The van der Waals surface area contributed by atoms with E-state index in [0.29, 0.717) is 30.9 Å². The van der Waals surface area contributed by atoms with Crippen molar-refractivity contribution < 1.29 is 19.4 Å². The molecule has 4 rings (SSSR count). The molecular weight excluding hydrogens is 454 g/mol. The highest BCUT2D eigenvalue weighted by Gasteiger charge is 2.45. The van der Waals surface area contributed by atoms with Gasteiger partial charge in [0, 0.05) is 24.5 Å². The second-order valence-electron chi connectivity index (χ2n) is 9.23. The number of aliphatic hydroxyl groups is 1. The number of hydrogen-bond acceptors (Lipinski definition) is 6. The lowest BCUT2D eigenvalue weighted by atomic mass is 9.96. The zero-order chi connectivity index (χ0) is 25.7. The maximum Gasteiger partial charge on any atom is 0.295 e. The number of ether oxygens (including phenoxy) is 1. The molecule has 1 saturated heterocycles. The van der Waals surface area contributed by atoms with Gasteiger partial charge in [0.15, 0.2) is 0 Å². The first-order valence-electron chi connectivity index (χ1n) is 12.0. The largest absolute Gasteiger partial charge is 0.507 e. The Kier molecular flexibility index (Phi) is 7.80. The van der Waals surface area contributed by atoms with Crippen LogP contribution in [0.15, 0.2) is 78.6 Å². The van der Waals surface area contributed by atoms with Crippen LogP contribution in [0.4, 0.5) is 0 Å². The quantitative estimate of drug-likeness (QED) is 0.276. The Hall–Kier alpha value is -3.97. The van der Waals surface area contributed by atoms with Gasteiger partial charge in [0.1, 0.15) is 18.1 Å². The highest BCUT2D eigenvalue weighted by atomic mass is 16.5. The van der Waals surface area contributed by atoms with E-state index in [2.05, 4.69) is 11.1 Å². The Balaban J connectivity index is 1.60. The first-order valence-corrected chi connectivity index (χ1v) is 12.0. The molecule has 0 saturated carbocycles. The summed E-state index contributed by atoms with van der Waals surface area (Å²) >= 11 is 0. The lowest BCUT2D eigenvalue weighted by molar-refractivity contribution is -0.139. The van der Waals surface area contributed by atoms with Crippen LogP contribution >= 0.6 is 0 Å². The first-order chi connectivity index (χ1) is 17.3. The third-order valence-electron chi connectivity index (χ3n) is 6.18. The van der Waals surface area contributed by atoms with Gasteiger partial charge in [-0.25, -0.2) is 0 Å². The third-order valence-corrected chi connectivity index (χ3v) is 6.18. The van der Waals surface area contributed by atoms with Gasteiger partial charge in [0.25, 0.3) is 11.7 Å². The van der Waals surface area contributed by atoms with Crippen LogP contribution in [-0.4, -0.2) is 58.8 Å². The molecule has 1 N–H and O–H groups in total. The molecule has 7 nitrogen and oxygen atoms in total. The number of carbonyl (C=O) groups excluding carboxylic acids is 2. The van der Waals surface area contributed by atoms with E-state index in [1.807, 2.05) is 44.1 Å². The summed E-state index contributed by atoms with van der Waals surface area (Å²) in [4.78, 5) is 33.7. The number of Topliss-reactive ketones (excluding diaryl/α,β-unsaturated/α-hetero) is 1. The number of benzene rings is 2. The van der Waals surface area contributed by atoms with Crippen LogP contribution in [0, 0.1) is 6.92 Å². The number of carbonyl (C=O) groups is 2. The van der Waals surface area contributed by atoms with Crippen molar-refractivity contribution in [2.75, 3.05) is 27.2 Å². The number of rotatable bonds is 9. The number of amides is 1. The number of hydrogen-bond donors (Lipinski definition) is 1. The minimum atomic E-state index is -0.682. The van der Waals surface area contributed by atoms with Crippen molar-refractivity contribution in [1.29, 1.82) is 0 Å². The van der Waals surface area contributed by atoms with E-state index in [-0.39, 0.29) is 11.3 Å². The summed E-state index contributed by atoms with van der Waals surface area (Å²) < 4.78 is 5.88. The maximum atomic E-state index is 13.1. The molecule has 2 heterocycles. The van der Waals surface area contributed by atoms with Crippen LogP contribution in [0.5, 0.6) is 5.75 Å². The van der Waals surface area contributed by atoms with Crippen LogP contribution in [0.1, 0.15) is 34.7 Å². The highest BCUT2D eigenvalue weighted by molar-refractivity contribution is 6.46. The van der Waals surface area contributed by atoms with E-state index in [0.717, 1.165) is 17.7 Å². The second-order valence-corrected chi connectivity index (χ2v) is 9.23. The molecule has 1 aromatic heterocycles. The molecule has 186 valence electrons. The Morgan fingerprint density at radius 1 is 1.06 bits per heavy atom. The summed E-state index contributed by atoms with van der Waals surface area (Å²) in [6, 6.07) is 17.9. The zero-order valence-electron chi connectivity index (χ0n) is 20.8. The normalized spacial score (nSPS) is 17.1. The maximum absolute atomic E-state index is 13.1. The highest BCUT2D eigenvalue weighted by Crippen LogP contribution is 2.39. The monoisotopic (exact) mass is 485 g/mol. The van der Waals surface area contributed by atoms with Crippen molar-refractivity contribution >= 4 is 17.4 Å². The predicted molar refractivity (Wildman–Crippen MR) is 138 cm³/mol. The predicted octanol–water partition coefficient (Wildman–Crippen LogP) is 4.34. The van der Waals surface area contributed by atoms with E-state index in [1.54, 1.807) is 53.7 Å². The zero-order valence-corrected chi connectivity index (χ0v) is 20.8. The Bertz CT molecular complexity index is 1250. The first kappa shape index (κ1) is 25.1. The van der Waals surface area contributed by atoms with Crippen LogP contribution in [0.25, 0.3) is 5.76 Å². The van der Waals surface area contributed by atoms with Gasteiger partial charge in [-0.05, 0) is 81.5 Å². The van der Waals surface area contributed by atoms with Crippen molar-refractivity contribution in [1.82, 2.24) is 14.8 Å². The molecule has 1 atom stereocenters. The van der Waals surface area contributed by atoms with Crippen LogP contribution in [0.2, 0.25) is 0 Å². The number of likely N-dealkylation sites (tertiary alicyclic amines) is 1. The molecule has 0 bridgehead atoms. The number of aromatic nitrogens is 1. The average Bonchev–Trinajstić information content (AvgIpc) is 3.13. The van der Waals surface area contributed by atoms with Gasteiger partial charge in [-0.2, -0.15) is 0 Å². The van der Waals surface area contributed by atoms with Crippen molar-refractivity contribution in [2.45, 2.75) is 26.0 Å². The number of aryl methyl sites for hydroxylation is 1. The smallest absolute Gasteiger partial charge is 0.295 e. The summed E-state index contributed by atoms with van der Waals surface area (Å²) in [5, 5.41) is 11.2. The molecule has 7 heteroatoms. The summed E-state index contributed by atoms with van der Waals surface area (Å²) in [6.07, 6.45) is 3.94. The van der Waals surface area contributed by atoms with E-state index >= 15 is 0 Å². The standard InChI is InChI=1S/C29H31N3O4/c1-20-6-4-7-21(18-20)19-36-24-10-8-23(9-11-24)27(33)25-26(22-12-14-30-15-13-22)32(29(35)28(25)34)17-5-16-31(2)3/h4,6-15,18,26,33H,5,16-17,19H2,1-3H3/t26-/m1/s1. The summed E-state index contributed by atoms with van der Waals surface area (Å²) in [5.74, 6) is -0.840. The minimum absolute atomic E-state index is 0.0875. The topological polar surface area (TPSA) is 83.0 Å². The second kappa shape index (κ2) is 11.2. The minimum Gasteiger partial charge on any atom is -0.507 e.